The maximum Gasteiger partial charge on any atom is 0.296 e. The lowest BCUT2D eigenvalue weighted by Gasteiger charge is -2.23. The number of halogens is 1. The van der Waals surface area contributed by atoms with Gasteiger partial charge in [-0.05, 0) is 24.3 Å². The number of benzene rings is 1. The maximum atomic E-state index is 13.0. The minimum absolute atomic E-state index is 0.239. The van der Waals surface area contributed by atoms with Gasteiger partial charge in [-0.25, -0.2) is 4.39 Å². The molecule has 0 radical (unpaired) electrons. The van der Waals surface area contributed by atoms with Crippen LogP contribution in [0.15, 0.2) is 28.8 Å². The number of aromatic nitrogens is 5. The molecule has 0 aliphatic carbocycles. The van der Waals surface area contributed by atoms with Crippen molar-refractivity contribution in [2.75, 3.05) is 6.54 Å². The van der Waals surface area contributed by atoms with E-state index in [0.717, 1.165) is 6.41 Å². The molecule has 0 spiro atoms. The minimum atomic E-state index is -0.330. The Kier molecular flexibility index (Phi) is 3.11. The Bertz CT molecular complexity index is 857. The molecule has 8 nitrogen and oxygen atoms in total. The van der Waals surface area contributed by atoms with Crippen molar-refractivity contribution < 1.29 is 13.7 Å². The lowest BCUT2D eigenvalue weighted by Crippen LogP contribution is -2.32. The summed E-state index contributed by atoms with van der Waals surface area (Å²) in [5, 5.41) is 12.0. The van der Waals surface area contributed by atoms with Gasteiger partial charge in [0, 0.05) is 18.7 Å². The number of rotatable bonds is 3. The molecule has 0 atom stereocenters. The molecule has 9 heteroatoms. The highest BCUT2D eigenvalue weighted by Gasteiger charge is 2.24. The van der Waals surface area contributed by atoms with Crippen LogP contribution in [0.4, 0.5) is 4.39 Å². The van der Waals surface area contributed by atoms with Gasteiger partial charge in [0.1, 0.15) is 5.82 Å². The third-order valence-corrected chi connectivity index (χ3v) is 3.65. The molecule has 1 amide bonds. The van der Waals surface area contributed by atoms with Crippen molar-refractivity contribution in [2.45, 2.75) is 13.1 Å². The predicted molar refractivity (Wildman–Crippen MR) is 75.2 cm³/mol. The van der Waals surface area contributed by atoms with E-state index in [-0.39, 0.29) is 11.7 Å². The molecular weight excluding hydrogens is 303 g/mol. The molecule has 1 aliphatic heterocycles. The third kappa shape index (κ3) is 2.35. The van der Waals surface area contributed by atoms with Crippen molar-refractivity contribution in [1.29, 1.82) is 0 Å². The van der Waals surface area contributed by atoms with Crippen LogP contribution in [0.25, 0.3) is 23.1 Å². The number of hydrogen-bond donors (Lipinski definition) is 0. The van der Waals surface area contributed by atoms with E-state index in [4.69, 9.17) is 4.52 Å². The second kappa shape index (κ2) is 5.27. The van der Waals surface area contributed by atoms with Crippen molar-refractivity contribution in [3.63, 3.8) is 0 Å². The van der Waals surface area contributed by atoms with Crippen LogP contribution in [0.2, 0.25) is 0 Å². The summed E-state index contributed by atoms with van der Waals surface area (Å²) in [5.74, 6) is 1.39. The first-order valence-corrected chi connectivity index (χ1v) is 6.96. The molecule has 3 heterocycles. The molecule has 0 fully saturated rings. The normalized spacial score (nSPS) is 13.9. The summed E-state index contributed by atoms with van der Waals surface area (Å²) >= 11 is 0. The number of carbonyl (C=O) groups is 1. The zero-order valence-corrected chi connectivity index (χ0v) is 11.9. The standard InChI is InChI=1S/C14H11FN6O2/c15-10-3-1-9(2-4-10)12-16-14(23-19-12)13-18-17-11-7-20(8-22)5-6-21(11)13/h1-4,8H,5-7H2. The van der Waals surface area contributed by atoms with E-state index in [1.165, 1.54) is 12.1 Å². The van der Waals surface area contributed by atoms with Gasteiger partial charge in [0.05, 0.1) is 6.54 Å². The Morgan fingerprint density at radius 3 is 2.78 bits per heavy atom. The Balaban J connectivity index is 1.66. The summed E-state index contributed by atoms with van der Waals surface area (Å²) < 4.78 is 20.1. The molecule has 0 N–H and O–H groups in total. The number of carbonyl (C=O) groups excluding carboxylic acids is 1. The number of nitrogens with zero attached hydrogens (tertiary/aromatic N) is 6. The van der Waals surface area contributed by atoms with Crippen molar-refractivity contribution in [1.82, 2.24) is 29.8 Å². The number of amides is 1. The zero-order valence-electron chi connectivity index (χ0n) is 11.9. The molecule has 0 saturated carbocycles. The van der Waals surface area contributed by atoms with Gasteiger partial charge in [0.2, 0.25) is 18.1 Å². The highest BCUT2D eigenvalue weighted by Crippen LogP contribution is 2.23. The summed E-state index contributed by atoms with van der Waals surface area (Å²) in [6, 6.07) is 5.81. The van der Waals surface area contributed by atoms with Crippen LogP contribution < -0.4 is 0 Å². The minimum Gasteiger partial charge on any atom is -0.336 e. The van der Waals surface area contributed by atoms with Crippen LogP contribution in [0.1, 0.15) is 5.82 Å². The van der Waals surface area contributed by atoms with Crippen LogP contribution in [0.5, 0.6) is 0 Å². The van der Waals surface area contributed by atoms with E-state index in [2.05, 4.69) is 20.3 Å². The maximum absolute atomic E-state index is 13.0. The first kappa shape index (κ1) is 13.6. The second-order valence-electron chi connectivity index (χ2n) is 5.10. The van der Waals surface area contributed by atoms with E-state index < -0.39 is 0 Å². The summed E-state index contributed by atoms with van der Waals surface area (Å²) in [4.78, 5) is 16.7. The van der Waals surface area contributed by atoms with Crippen molar-refractivity contribution in [3.8, 4) is 23.1 Å². The van der Waals surface area contributed by atoms with Crippen LogP contribution in [-0.2, 0) is 17.9 Å². The Morgan fingerprint density at radius 2 is 2.00 bits per heavy atom. The van der Waals surface area contributed by atoms with Gasteiger partial charge in [0.25, 0.3) is 5.89 Å². The van der Waals surface area contributed by atoms with Crippen LogP contribution in [0.3, 0.4) is 0 Å². The summed E-state index contributed by atoms with van der Waals surface area (Å²) in [7, 11) is 0. The van der Waals surface area contributed by atoms with E-state index >= 15 is 0 Å². The second-order valence-corrected chi connectivity index (χ2v) is 5.10. The molecule has 1 aliphatic rings. The molecule has 0 saturated heterocycles. The average Bonchev–Trinajstić information content (AvgIpc) is 3.21. The Morgan fingerprint density at radius 1 is 1.17 bits per heavy atom. The smallest absolute Gasteiger partial charge is 0.296 e. The van der Waals surface area contributed by atoms with Gasteiger partial charge in [-0.15, -0.1) is 10.2 Å². The molecular formula is C14H11FN6O2. The van der Waals surface area contributed by atoms with Crippen molar-refractivity contribution in [3.05, 3.63) is 35.9 Å². The molecule has 116 valence electrons. The SMILES string of the molecule is O=CN1CCn2c(nnc2-c2nc(-c3ccc(F)cc3)no2)C1. The lowest BCUT2D eigenvalue weighted by atomic mass is 10.2. The first-order valence-electron chi connectivity index (χ1n) is 6.96. The van der Waals surface area contributed by atoms with Gasteiger partial charge < -0.3 is 14.0 Å². The molecule has 0 unspecified atom stereocenters. The van der Waals surface area contributed by atoms with E-state index in [9.17, 15) is 9.18 Å². The topological polar surface area (TPSA) is 89.9 Å². The van der Waals surface area contributed by atoms with Crippen LogP contribution >= 0.6 is 0 Å². The Labute approximate surface area is 129 Å². The highest BCUT2D eigenvalue weighted by atomic mass is 19.1. The van der Waals surface area contributed by atoms with Crippen molar-refractivity contribution >= 4 is 6.41 Å². The summed E-state index contributed by atoms with van der Waals surface area (Å²) in [6.45, 7) is 1.53. The summed E-state index contributed by atoms with van der Waals surface area (Å²) in [5.41, 5.74) is 0.645. The van der Waals surface area contributed by atoms with Gasteiger partial charge >= 0.3 is 0 Å². The van der Waals surface area contributed by atoms with Crippen LogP contribution in [-0.4, -0.2) is 42.8 Å². The Hall–Kier alpha value is -3.10. The van der Waals surface area contributed by atoms with E-state index in [1.54, 1.807) is 17.0 Å². The lowest BCUT2D eigenvalue weighted by molar-refractivity contribution is -0.119. The molecule has 3 aromatic rings. The third-order valence-electron chi connectivity index (χ3n) is 3.65. The quantitative estimate of drug-likeness (QED) is 0.673. The van der Waals surface area contributed by atoms with Gasteiger partial charge in [-0.1, -0.05) is 5.16 Å². The fraction of sp³-hybridized carbons (Fsp3) is 0.214. The van der Waals surface area contributed by atoms with Gasteiger partial charge in [-0.2, -0.15) is 4.98 Å². The van der Waals surface area contributed by atoms with E-state index in [0.29, 0.717) is 42.7 Å². The number of fused-ring (bicyclic) bond motifs is 1. The van der Waals surface area contributed by atoms with E-state index in [1.807, 2.05) is 4.57 Å². The molecule has 1 aromatic carbocycles. The van der Waals surface area contributed by atoms with Crippen molar-refractivity contribution in [2.24, 2.45) is 0 Å². The molecule has 23 heavy (non-hydrogen) atoms. The van der Waals surface area contributed by atoms with Gasteiger partial charge in [0.15, 0.2) is 5.82 Å². The highest BCUT2D eigenvalue weighted by molar-refractivity contribution is 5.56. The average molecular weight is 314 g/mol. The molecule has 2 aromatic heterocycles. The first-order chi connectivity index (χ1) is 11.2. The van der Waals surface area contributed by atoms with Crippen LogP contribution in [0, 0.1) is 5.82 Å². The fourth-order valence-electron chi connectivity index (χ4n) is 2.46. The van der Waals surface area contributed by atoms with Gasteiger partial charge in [-0.3, -0.25) is 4.79 Å². The fourth-order valence-corrected chi connectivity index (χ4v) is 2.46. The summed E-state index contributed by atoms with van der Waals surface area (Å²) in [6.07, 6.45) is 0.789. The zero-order chi connectivity index (χ0) is 15.8. The number of hydrogen-bond acceptors (Lipinski definition) is 6. The molecule has 0 bridgehead atoms. The predicted octanol–water partition coefficient (Wildman–Crippen LogP) is 1.11. The largest absolute Gasteiger partial charge is 0.336 e. The molecule has 4 rings (SSSR count). The monoisotopic (exact) mass is 314 g/mol.